The number of methoxy groups -OCH3 is 1. The van der Waals surface area contributed by atoms with Crippen molar-refractivity contribution >= 4 is 37.5 Å². The fourth-order valence-electron chi connectivity index (χ4n) is 3.14. The van der Waals surface area contributed by atoms with Crippen LogP contribution in [0.1, 0.15) is 30.1 Å². The number of sulfonamides is 1. The number of halogens is 1. The molecule has 0 radical (unpaired) electrons. The average Bonchev–Trinajstić information content (AvgIpc) is 3.24. The van der Waals surface area contributed by atoms with Crippen LogP contribution in [0.4, 0.5) is 5.69 Å². The number of ether oxygens (including phenoxy) is 2. The van der Waals surface area contributed by atoms with Crippen LogP contribution in [0.15, 0.2) is 51.8 Å². The summed E-state index contributed by atoms with van der Waals surface area (Å²) >= 11 is 3.31. The van der Waals surface area contributed by atoms with Crippen LogP contribution in [0.25, 0.3) is 0 Å². The zero-order valence-corrected chi connectivity index (χ0v) is 18.5. The number of benzene rings is 2. The zero-order chi connectivity index (χ0) is 21.0. The van der Waals surface area contributed by atoms with Crippen LogP contribution in [0, 0.1) is 0 Å². The Morgan fingerprint density at radius 2 is 1.97 bits per heavy atom. The Labute approximate surface area is 179 Å². The molecule has 0 aromatic heterocycles. The molecular formula is C20H23BrN2O5S. The van der Waals surface area contributed by atoms with Crippen LogP contribution in [0.5, 0.6) is 5.75 Å². The van der Waals surface area contributed by atoms with Gasteiger partial charge in [0.2, 0.25) is 0 Å². The van der Waals surface area contributed by atoms with Crippen molar-refractivity contribution in [3.8, 4) is 5.75 Å². The molecule has 1 fully saturated rings. The molecule has 2 atom stereocenters. The molecule has 29 heavy (non-hydrogen) atoms. The highest BCUT2D eigenvalue weighted by Crippen LogP contribution is 2.28. The summed E-state index contributed by atoms with van der Waals surface area (Å²) in [6.07, 6.45) is 1.83. The molecule has 0 bridgehead atoms. The van der Waals surface area contributed by atoms with Crippen molar-refractivity contribution < 1.29 is 22.7 Å². The molecular weight excluding hydrogens is 460 g/mol. The lowest BCUT2D eigenvalue weighted by Gasteiger charge is -2.20. The molecule has 2 N–H and O–H groups in total. The Morgan fingerprint density at radius 3 is 2.59 bits per heavy atom. The number of hydrogen-bond acceptors (Lipinski definition) is 5. The number of amides is 1. The summed E-state index contributed by atoms with van der Waals surface area (Å²) in [5, 5.41) is 2.88. The largest absolute Gasteiger partial charge is 0.495 e. The summed E-state index contributed by atoms with van der Waals surface area (Å²) in [6.45, 7) is 2.57. The third-order valence-electron chi connectivity index (χ3n) is 4.69. The van der Waals surface area contributed by atoms with E-state index in [1.807, 2.05) is 6.92 Å². The molecule has 0 aliphatic carbocycles. The van der Waals surface area contributed by atoms with Gasteiger partial charge in [-0.2, -0.15) is 0 Å². The van der Waals surface area contributed by atoms with Crippen LogP contribution in [0.3, 0.4) is 0 Å². The highest BCUT2D eigenvalue weighted by Gasteiger charge is 2.26. The molecule has 1 amide bonds. The number of rotatable bonds is 7. The fourth-order valence-corrected chi connectivity index (χ4v) is 4.65. The van der Waals surface area contributed by atoms with Gasteiger partial charge in [0.1, 0.15) is 10.6 Å². The van der Waals surface area contributed by atoms with E-state index in [2.05, 4.69) is 26.0 Å². The molecule has 1 saturated heterocycles. The molecule has 1 aliphatic rings. The lowest BCUT2D eigenvalue weighted by atomic mass is 10.1. The number of nitrogens with one attached hydrogen (secondary N) is 2. The van der Waals surface area contributed by atoms with Gasteiger partial charge in [0.15, 0.2) is 0 Å². The highest BCUT2D eigenvalue weighted by atomic mass is 79.9. The summed E-state index contributed by atoms with van der Waals surface area (Å²) in [5.74, 6) is -0.214. The Balaban J connectivity index is 1.83. The van der Waals surface area contributed by atoms with Gasteiger partial charge in [-0.25, -0.2) is 8.42 Å². The van der Waals surface area contributed by atoms with Crippen molar-refractivity contribution in [2.45, 2.75) is 36.8 Å². The van der Waals surface area contributed by atoms with E-state index in [1.165, 1.54) is 25.3 Å². The number of hydrogen-bond donors (Lipinski definition) is 2. The van der Waals surface area contributed by atoms with Crippen molar-refractivity contribution in [1.82, 2.24) is 5.32 Å². The molecule has 0 saturated carbocycles. The smallest absolute Gasteiger partial charge is 0.265 e. The van der Waals surface area contributed by atoms with E-state index < -0.39 is 10.0 Å². The SMILES string of the molecule is COc1ccc(C(=O)N[C@@H](C)[C@@H]2CCCO2)cc1S(=O)(=O)Nc1ccc(Br)cc1. The van der Waals surface area contributed by atoms with Crippen molar-refractivity contribution in [3.05, 3.63) is 52.5 Å². The number of anilines is 1. The topological polar surface area (TPSA) is 93.7 Å². The second kappa shape index (κ2) is 9.15. The first kappa shape index (κ1) is 21.6. The predicted molar refractivity (Wildman–Crippen MR) is 114 cm³/mol. The third kappa shape index (κ3) is 5.29. The summed E-state index contributed by atoms with van der Waals surface area (Å²) < 4.78 is 40.0. The van der Waals surface area contributed by atoms with Gasteiger partial charge in [-0.15, -0.1) is 0 Å². The first-order chi connectivity index (χ1) is 13.8. The van der Waals surface area contributed by atoms with E-state index in [0.717, 1.165) is 17.3 Å². The maximum Gasteiger partial charge on any atom is 0.265 e. The van der Waals surface area contributed by atoms with Crippen molar-refractivity contribution in [1.29, 1.82) is 0 Å². The molecule has 0 unspecified atom stereocenters. The normalized spacial score (nSPS) is 17.6. The summed E-state index contributed by atoms with van der Waals surface area (Å²) in [4.78, 5) is 12.5. The van der Waals surface area contributed by atoms with Gasteiger partial charge >= 0.3 is 0 Å². The molecule has 3 rings (SSSR count). The minimum absolute atomic E-state index is 0.0283. The molecule has 1 heterocycles. The molecule has 0 spiro atoms. The molecule has 7 nitrogen and oxygen atoms in total. The Morgan fingerprint density at radius 1 is 1.24 bits per heavy atom. The minimum atomic E-state index is -3.96. The number of carbonyl (C=O) groups is 1. The maximum atomic E-state index is 12.9. The predicted octanol–water partition coefficient (Wildman–Crippen LogP) is 3.56. The molecule has 9 heteroatoms. The lowest BCUT2D eigenvalue weighted by molar-refractivity contribution is 0.0712. The van der Waals surface area contributed by atoms with Crippen LogP contribution >= 0.6 is 15.9 Å². The lowest BCUT2D eigenvalue weighted by Crippen LogP contribution is -2.40. The monoisotopic (exact) mass is 482 g/mol. The van der Waals surface area contributed by atoms with Gasteiger partial charge in [0.05, 0.1) is 19.3 Å². The van der Waals surface area contributed by atoms with Crippen molar-refractivity contribution in [2.24, 2.45) is 0 Å². The summed E-state index contributed by atoms with van der Waals surface area (Å²) in [6, 6.07) is 10.9. The van der Waals surface area contributed by atoms with Crippen molar-refractivity contribution in [3.63, 3.8) is 0 Å². The summed E-state index contributed by atoms with van der Waals surface area (Å²) in [7, 11) is -2.58. The van der Waals surface area contributed by atoms with Gasteiger partial charge < -0.3 is 14.8 Å². The van der Waals surface area contributed by atoms with Crippen LogP contribution in [0.2, 0.25) is 0 Å². The first-order valence-electron chi connectivity index (χ1n) is 9.19. The van der Waals surface area contributed by atoms with E-state index in [4.69, 9.17) is 9.47 Å². The van der Waals surface area contributed by atoms with E-state index in [0.29, 0.717) is 12.3 Å². The van der Waals surface area contributed by atoms with Crippen LogP contribution in [-0.4, -0.2) is 40.2 Å². The molecule has 2 aromatic carbocycles. The second-order valence-corrected chi connectivity index (χ2v) is 9.36. The van der Waals surface area contributed by atoms with E-state index >= 15 is 0 Å². The fraction of sp³-hybridized carbons (Fsp3) is 0.350. The van der Waals surface area contributed by atoms with E-state index in [1.54, 1.807) is 24.3 Å². The van der Waals surface area contributed by atoms with Gasteiger partial charge in [-0.05, 0) is 62.2 Å². The van der Waals surface area contributed by atoms with Crippen molar-refractivity contribution in [2.75, 3.05) is 18.4 Å². The maximum absolute atomic E-state index is 12.9. The Kier molecular flexibility index (Phi) is 6.81. The van der Waals surface area contributed by atoms with E-state index in [9.17, 15) is 13.2 Å². The van der Waals surface area contributed by atoms with Gasteiger partial charge in [-0.1, -0.05) is 15.9 Å². The van der Waals surface area contributed by atoms with Gasteiger partial charge in [0, 0.05) is 22.3 Å². The quantitative estimate of drug-likeness (QED) is 0.629. The third-order valence-corrected chi connectivity index (χ3v) is 6.62. The average molecular weight is 483 g/mol. The Bertz CT molecular complexity index is 973. The zero-order valence-electron chi connectivity index (χ0n) is 16.1. The van der Waals surface area contributed by atoms with Gasteiger partial charge in [0.25, 0.3) is 15.9 Å². The summed E-state index contributed by atoms with van der Waals surface area (Å²) in [5.41, 5.74) is 0.629. The molecule has 1 aliphatic heterocycles. The number of carbonyl (C=O) groups excluding carboxylic acids is 1. The minimum Gasteiger partial charge on any atom is -0.495 e. The first-order valence-corrected chi connectivity index (χ1v) is 11.5. The molecule has 2 aromatic rings. The van der Waals surface area contributed by atoms with Crippen LogP contribution in [-0.2, 0) is 14.8 Å². The standard InChI is InChI=1S/C20H23BrN2O5S/c1-13(17-4-3-11-28-17)22-20(24)14-5-10-18(27-2)19(12-14)29(25,26)23-16-8-6-15(21)7-9-16/h5-10,12-13,17,23H,3-4,11H2,1-2H3,(H,22,24)/t13-,17-/m0/s1. The van der Waals surface area contributed by atoms with E-state index in [-0.39, 0.29) is 34.3 Å². The second-order valence-electron chi connectivity index (χ2n) is 6.79. The highest BCUT2D eigenvalue weighted by molar-refractivity contribution is 9.10. The Hall–Kier alpha value is -2.10. The molecule has 156 valence electrons. The van der Waals surface area contributed by atoms with Crippen LogP contribution < -0.4 is 14.8 Å². The van der Waals surface area contributed by atoms with Gasteiger partial charge in [-0.3, -0.25) is 9.52 Å².